The van der Waals surface area contributed by atoms with Crippen molar-refractivity contribution in [1.29, 1.82) is 0 Å². The third-order valence-electron chi connectivity index (χ3n) is 4.90. The molecule has 2 N–H and O–H groups in total. The van der Waals surface area contributed by atoms with E-state index in [1.807, 2.05) is 30.3 Å². The molecule has 0 aliphatic carbocycles. The van der Waals surface area contributed by atoms with Crippen LogP contribution in [0.15, 0.2) is 60.9 Å². The molecule has 2 unspecified atom stereocenters. The Bertz CT molecular complexity index is 1070. The molecule has 1 aliphatic heterocycles. The van der Waals surface area contributed by atoms with Crippen molar-refractivity contribution in [3.05, 3.63) is 83.4 Å². The number of alkyl halides is 3. The number of aromatic nitrogens is 2. The zero-order valence-electron chi connectivity index (χ0n) is 16.1. The van der Waals surface area contributed by atoms with E-state index in [0.717, 1.165) is 17.7 Å². The Hall–Kier alpha value is -3.24. The summed E-state index contributed by atoms with van der Waals surface area (Å²) in [5.41, 5.74) is 2.75. The lowest BCUT2D eigenvalue weighted by Crippen LogP contribution is -2.34. The fourth-order valence-electron chi connectivity index (χ4n) is 3.40. The van der Waals surface area contributed by atoms with E-state index in [4.69, 9.17) is 4.84 Å². The zero-order valence-corrected chi connectivity index (χ0v) is 16.1. The summed E-state index contributed by atoms with van der Waals surface area (Å²) in [6.07, 6.45) is -1.77. The van der Waals surface area contributed by atoms with Gasteiger partial charge in [0.2, 0.25) is 5.91 Å². The van der Waals surface area contributed by atoms with Gasteiger partial charge in [-0.1, -0.05) is 30.3 Å². The minimum absolute atomic E-state index is 0.259. The number of benzene rings is 2. The summed E-state index contributed by atoms with van der Waals surface area (Å²) < 4.78 is 54.1. The second kappa shape index (κ2) is 8.48. The third kappa shape index (κ3) is 4.92. The summed E-state index contributed by atoms with van der Waals surface area (Å²) in [5.74, 6) is -1.14. The Kier molecular flexibility index (Phi) is 5.75. The van der Waals surface area contributed by atoms with Crippen molar-refractivity contribution in [1.82, 2.24) is 15.3 Å². The molecule has 0 spiro atoms. The van der Waals surface area contributed by atoms with Crippen molar-refractivity contribution in [3.8, 4) is 0 Å². The lowest BCUT2D eigenvalue weighted by molar-refractivity contribution is -0.138. The second-order valence-electron chi connectivity index (χ2n) is 7.14. The highest BCUT2D eigenvalue weighted by Gasteiger charge is 2.34. The van der Waals surface area contributed by atoms with Crippen molar-refractivity contribution < 1.29 is 27.2 Å². The number of hydrogen-bond donors (Lipinski definition) is 2. The molecule has 10 heteroatoms. The molecule has 1 aromatic heterocycles. The van der Waals surface area contributed by atoms with Gasteiger partial charge in [0.25, 0.3) is 0 Å². The van der Waals surface area contributed by atoms with Crippen LogP contribution in [0.3, 0.4) is 0 Å². The van der Waals surface area contributed by atoms with Gasteiger partial charge in [-0.25, -0.2) is 4.39 Å². The molecule has 2 aromatic carbocycles. The molecule has 3 aromatic rings. The van der Waals surface area contributed by atoms with Crippen LogP contribution >= 0.6 is 0 Å². The number of anilines is 1. The predicted octanol–water partition coefficient (Wildman–Crippen LogP) is 4.06. The van der Waals surface area contributed by atoms with E-state index >= 15 is 0 Å². The number of nitrogens with one attached hydrogen (secondary N) is 2. The number of carbonyl (C=O) groups excluding carboxylic acids is 1. The first-order valence-corrected chi connectivity index (χ1v) is 9.44. The number of amides is 1. The van der Waals surface area contributed by atoms with Crippen molar-refractivity contribution >= 4 is 11.6 Å². The van der Waals surface area contributed by atoms with Gasteiger partial charge in [-0.3, -0.25) is 14.3 Å². The van der Waals surface area contributed by atoms with Crippen molar-refractivity contribution in [2.75, 3.05) is 5.32 Å². The maximum Gasteiger partial charge on any atom is 0.416 e. The molecule has 0 saturated carbocycles. The molecule has 0 radical (unpaired) electrons. The molecule has 4 rings (SSSR count). The molecule has 2 heterocycles. The SMILES string of the molecule is O=C(Nc1cnn(Cc2cc(F)ccc2C(F)(F)F)c1)C1CC(c2ccccc2)ON1. The zero-order chi connectivity index (χ0) is 22.0. The van der Waals surface area contributed by atoms with Crippen LogP contribution in [0.25, 0.3) is 0 Å². The van der Waals surface area contributed by atoms with E-state index < -0.39 is 23.6 Å². The molecule has 0 bridgehead atoms. The van der Waals surface area contributed by atoms with Crippen LogP contribution in [0, 0.1) is 5.82 Å². The quantitative estimate of drug-likeness (QED) is 0.595. The summed E-state index contributed by atoms with van der Waals surface area (Å²) in [7, 11) is 0. The van der Waals surface area contributed by atoms with E-state index in [2.05, 4.69) is 15.9 Å². The van der Waals surface area contributed by atoms with Crippen molar-refractivity contribution in [2.45, 2.75) is 31.3 Å². The molecule has 1 amide bonds. The first-order valence-electron chi connectivity index (χ1n) is 9.44. The first kappa shape index (κ1) is 21.0. The minimum atomic E-state index is -4.61. The molecule has 1 saturated heterocycles. The highest BCUT2D eigenvalue weighted by molar-refractivity contribution is 5.94. The van der Waals surface area contributed by atoms with Gasteiger partial charge in [0.1, 0.15) is 18.0 Å². The van der Waals surface area contributed by atoms with Gasteiger partial charge in [0.15, 0.2) is 0 Å². The van der Waals surface area contributed by atoms with Crippen LogP contribution in [-0.2, 0) is 22.4 Å². The molecular formula is C21H18F4N4O2. The highest BCUT2D eigenvalue weighted by atomic mass is 19.4. The average molecular weight is 434 g/mol. The molecular weight excluding hydrogens is 416 g/mol. The van der Waals surface area contributed by atoms with Gasteiger partial charge >= 0.3 is 6.18 Å². The van der Waals surface area contributed by atoms with E-state index in [9.17, 15) is 22.4 Å². The summed E-state index contributed by atoms with van der Waals surface area (Å²) >= 11 is 0. The fourth-order valence-corrected chi connectivity index (χ4v) is 3.40. The number of halogens is 4. The summed E-state index contributed by atoms with van der Waals surface area (Å²) in [6, 6.07) is 11.1. The smallest absolute Gasteiger partial charge is 0.322 e. The Balaban J connectivity index is 1.40. The third-order valence-corrected chi connectivity index (χ3v) is 4.90. The average Bonchev–Trinajstić information content (AvgIpc) is 3.38. The number of carbonyl (C=O) groups is 1. The standard InChI is InChI=1S/C21H18F4N4O2/c22-15-6-7-17(21(23,24)25)14(8-15)11-29-12-16(10-26-29)27-20(30)18-9-19(31-28-18)13-4-2-1-3-5-13/h1-8,10,12,18-19,28H,9,11H2,(H,27,30). The number of nitrogens with zero attached hydrogens (tertiary/aromatic N) is 2. The fraction of sp³-hybridized carbons (Fsp3) is 0.238. The van der Waals surface area contributed by atoms with Gasteiger partial charge in [-0.2, -0.15) is 23.8 Å². The van der Waals surface area contributed by atoms with Gasteiger partial charge in [-0.05, 0) is 29.3 Å². The van der Waals surface area contributed by atoms with Gasteiger partial charge in [0, 0.05) is 12.6 Å². The number of rotatable bonds is 5. The monoisotopic (exact) mass is 434 g/mol. The van der Waals surface area contributed by atoms with Crippen LogP contribution in [-0.4, -0.2) is 21.7 Å². The Morgan fingerprint density at radius 3 is 2.74 bits per heavy atom. The van der Waals surface area contributed by atoms with E-state index in [1.54, 1.807) is 0 Å². The molecule has 1 aliphatic rings. The molecule has 31 heavy (non-hydrogen) atoms. The summed E-state index contributed by atoms with van der Waals surface area (Å²) in [6.45, 7) is -0.302. The first-order chi connectivity index (χ1) is 14.8. The van der Waals surface area contributed by atoms with Crippen LogP contribution in [0.1, 0.15) is 29.2 Å². The summed E-state index contributed by atoms with van der Waals surface area (Å²) in [5, 5.41) is 6.62. The van der Waals surface area contributed by atoms with E-state index in [-0.39, 0.29) is 24.1 Å². The van der Waals surface area contributed by atoms with Crippen molar-refractivity contribution in [2.24, 2.45) is 0 Å². The maximum atomic E-state index is 13.5. The minimum Gasteiger partial charge on any atom is -0.322 e. The number of hydrogen-bond acceptors (Lipinski definition) is 4. The van der Waals surface area contributed by atoms with Gasteiger partial charge in [0.05, 0.1) is 24.0 Å². The topological polar surface area (TPSA) is 68.2 Å². The normalized spacial score (nSPS) is 18.8. The van der Waals surface area contributed by atoms with Gasteiger partial charge < -0.3 is 5.32 Å². The Morgan fingerprint density at radius 1 is 1.23 bits per heavy atom. The van der Waals surface area contributed by atoms with Crippen LogP contribution in [0.2, 0.25) is 0 Å². The van der Waals surface area contributed by atoms with Crippen LogP contribution in [0.5, 0.6) is 0 Å². The lowest BCUT2D eigenvalue weighted by Gasteiger charge is -2.13. The van der Waals surface area contributed by atoms with E-state index in [1.165, 1.54) is 17.1 Å². The molecule has 162 valence electrons. The predicted molar refractivity (Wildman–Crippen MR) is 103 cm³/mol. The largest absolute Gasteiger partial charge is 0.416 e. The van der Waals surface area contributed by atoms with Crippen LogP contribution in [0.4, 0.5) is 23.2 Å². The molecule has 2 atom stereocenters. The maximum absolute atomic E-state index is 13.5. The Labute approximate surface area is 174 Å². The van der Waals surface area contributed by atoms with Crippen LogP contribution < -0.4 is 10.8 Å². The van der Waals surface area contributed by atoms with Gasteiger partial charge in [-0.15, -0.1) is 0 Å². The molecule has 1 fully saturated rings. The lowest BCUT2D eigenvalue weighted by atomic mass is 10.0. The summed E-state index contributed by atoms with van der Waals surface area (Å²) in [4.78, 5) is 18.0. The van der Waals surface area contributed by atoms with E-state index in [0.29, 0.717) is 18.2 Å². The highest BCUT2D eigenvalue weighted by Crippen LogP contribution is 2.33. The second-order valence-corrected chi connectivity index (χ2v) is 7.14. The number of hydroxylamine groups is 1. The molecule has 6 nitrogen and oxygen atoms in total. The Morgan fingerprint density at radius 2 is 2.00 bits per heavy atom. The van der Waals surface area contributed by atoms with Crippen molar-refractivity contribution in [3.63, 3.8) is 0 Å².